The first-order chi connectivity index (χ1) is 9.03. The van der Waals surface area contributed by atoms with E-state index in [1.54, 1.807) is 0 Å². The zero-order valence-electron chi connectivity index (χ0n) is 10.7. The number of hydrogen-bond donors (Lipinski definition) is 3. The van der Waals surface area contributed by atoms with Gasteiger partial charge in [-0.1, -0.05) is 25.1 Å². The monoisotopic (exact) mass is 283 g/mol. The second-order valence-electron chi connectivity index (χ2n) is 4.75. The van der Waals surface area contributed by atoms with Gasteiger partial charge in [0, 0.05) is 24.8 Å². The van der Waals surface area contributed by atoms with Crippen LogP contribution in [0.4, 0.5) is 0 Å². The summed E-state index contributed by atoms with van der Waals surface area (Å²) < 4.78 is -0.396. The van der Waals surface area contributed by atoms with Crippen molar-refractivity contribution >= 4 is 17.7 Å². The summed E-state index contributed by atoms with van der Waals surface area (Å²) in [6.45, 7) is 3.26. The number of H-pyrrole nitrogens is 1. The summed E-state index contributed by atoms with van der Waals surface area (Å²) >= 11 is 1.35. The average molecular weight is 283 g/mol. The number of rotatable bonds is 6. The Hall–Kier alpha value is -1.34. The number of nitrogens with zero attached hydrogens (tertiary/aromatic N) is 1. The van der Waals surface area contributed by atoms with Gasteiger partial charge in [0.15, 0.2) is 5.16 Å². The van der Waals surface area contributed by atoms with Crippen molar-refractivity contribution in [3.8, 4) is 0 Å². The maximum Gasteiger partial charge on any atom is 0.304 e. The van der Waals surface area contributed by atoms with E-state index in [2.05, 4.69) is 15.3 Å². The zero-order valence-corrected chi connectivity index (χ0v) is 11.5. The molecule has 0 radical (unpaired) electrons. The van der Waals surface area contributed by atoms with Gasteiger partial charge in [0.25, 0.3) is 5.56 Å². The van der Waals surface area contributed by atoms with Gasteiger partial charge < -0.3 is 15.4 Å². The van der Waals surface area contributed by atoms with E-state index in [-0.39, 0.29) is 12.0 Å². The molecule has 1 aliphatic heterocycles. The standard InChI is InChI=1S/C12H17N3O3S/c1-2-3-8-4-9(16)15-11(14-8)19-12(5-10(17)18)6-13-7-12/h4,13H,2-3,5-7H2,1H3,(H,17,18)(H,14,15,16). The van der Waals surface area contributed by atoms with Crippen LogP contribution in [-0.2, 0) is 11.2 Å². The minimum atomic E-state index is -0.832. The number of carboxylic acid groups (broad SMARTS) is 1. The lowest BCUT2D eigenvalue weighted by Crippen LogP contribution is -2.58. The zero-order chi connectivity index (χ0) is 13.9. The van der Waals surface area contributed by atoms with Gasteiger partial charge >= 0.3 is 5.97 Å². The third-order valence-corrected chi connectivity index (χ3v) is 4.21. The van der Waals surface area contributed by atoms with Gasteiger partial charge in [0.05, 0.1) is 11.2 Å². The Bertz CT molecular complexity index is 525. The van der Waals surface area contributed by atoms with E-state index in [1.165, 1.54) is 17.8 Å². The number of carbonyl (C=O) groups is 1. The topological polar surface area (TPSA) is 95.1 Å². The molecule has 1 saturated heterocycles. The maximum absolute atomic E-state index is 11.6. The highest BCUT2D eigenvalue weighted by Gasteiger charge is 2.41. The lowest BCUT2D eigenvalue weighted by molar-refractivity contribution is -0.138. The molecule has 104 valence electrons. The number of aryl methyl sites for hydroxylation is 1. The Labute approximate surface area is 115 Å². The highest BCUT2D eigenvalue weighted by Crippen LogP contribution is 2.36. The van der Waals surface area contributed by atoms with Gasteiger partial charge in [-0.15, -0.1) is 0 Å². The first kappa shape index (κ1) is 14.1. The van der Waals surface area contributed by atoms with Gasteiger partial charge in [-0.3, -0.25) is 9.59 Å². The van der Waals surface area contributed by atoms with Crippen molar-refractivity contribution in [2.75, 3.05) is 13.1 Å². The molecule has 0 aliphatic carbocycles. The fourth-order valence-corrected chi connectivity index (χ4v) is 3.30. The van der Waals surface area contributed by atoms with Crippen LogP contribution in [0.2, 0.25) is 0 Å². The van der Waals surface area contributed by atoms with Crippen LogP contribution in [0.15, 0.2) is 16.0 Å². The van der Waals surface area contributed by atoms with E-state index in [4.69, 9.17) is 5.11 Å². The van der Waals surface area contributed by atoms with Crippen LogP contribution >= 0.6 is 11.8 Å². The van der Waals surface area contributed by atoms with Crippen molar-refractivity contribution < 1.29 is 9.90 Å². The molecular weight excluding hydrogens is 266 g/mol. The fraction of sp³-hybridized carbons (Fsp3) is 0.583. The number of carboxylic acids is 1. The van der Waals surface area contributed by atoms with Gasteiger partial charge in [-0.2, -0.15) is 0 Å². The highest BCUT2D eigenvalue weighted by atomic mass is 32.2. The van der Waals surface area contributed by atoms with Gasteiger partial charge in [0.1, 0.15) is 0 Å². The summed E-state index contributed by atoms with van der Waals surface area (Å²) in [4.78, 5) is 29.5. The number of thioether (sulfide) groups is 1. The molecule has 1 aliphatic rings. The average Bonchev–Trinajstić information content (AvgIpc) is 2.25. The SMILES string of the molecule is CCCc1cc(=O)[nH]c(SC2(CC(=O)O)CNC2)n1. The molecule has 0 aromatic carbocycles. The Balaban J connectivity index is 2.17. The molecule has 2 rings (SSSR count). The largest absolute Gasteiger partial charge is 0.481 e. The lowest BCUT2D eigenvalue weighted by atomic mass is 9.98. The number of nitrogens with one attached hydrogen (secondary N) is 2. The summed E-state index contributed by atoms with van der Waals surface area (Å²) in [7, 11) is 0. The molecule has 6 nitrogen and oxygen atoms in total. The minimum Gasteiger partial charge on any atom is -0.481 e. The predicted octanol–water partition coefficient (Wildman–Crippen LogP) is 0.631. The summed E-state index contributed by atoms with van der Waals surface area (Å²) in [5, 5.41) is 12.5. The number of aromatic amines is 1. The van der Waals surface area contributed by atoms with Crippen molar-refractivity contribution in [1.82, 2.24) is 15.3 Å². The minimum absolute atomic E-state index is 0.0619. The molecular formula is C12H17N3O3S. The molecule has 0 spiro atoms. The Morgan fingerprint density at radius 2 is 2.32 bits per heavy atom. The van der Waals surface area contributed by atoms with Crippen molar-refractivity contribution in [2.24, 2.45) is 0 Å². The molecule has 0 saturated carbocycles. The molecule has 3 N–H and O–H groups in total. The van der Waals surface area contributed by atoms with E-state index < -0.39 is 10.7 Å². The second kappa shape index (κ2) is 5.75. The number of aliphatic carboxylic acids is 1. The molecule has 0 amide bonds. The molecule has 1 aromatic heterocycles. The Morgan fingerprint density at radius 3 is 2.84 bits per heavy atom. The molecule has 1 aromatic rings. The lowest BCUT2D eigenvalue weighted by Gasteiger charge is -2.40. The number of aromatic nitrogens is 2. The summed E-state index contributed by atoms with van der Waals surface area (Å²) in [6, 6.07) is 1.50. The molecule has 7 heteroatoms. The summed E-state index contributed by atoms with van der Waals surface area (Å²) in [6.07, 6.45) is 1.73. The predicted molar refractivity (Wildman–Crippen MR) is 72.6 cm³/mol. The summed E-state index contributed by atoms with van der Waals surface area (Å²) in [5.41, 5.74) is 0.574. The van der Waals surface area contributed by atoms with Crippen molar-refractivity contribution in [1.29, 1.82) is 0 Å². The van der Waals surface area contributed by atoms with E-state index in [9.17, 15) is 9.59 Å². The fourth-order valence-electron chi connectivity index (χ4n) is 2.03. The first-order valence-electron chi connectivity index (χ1n) is 6.25. The van der Waals surface area contributed by atoms with E-state index in [0.29, 0.717) is 18.2 Å². The van der Waals surface area contributed by atoms with E-state index >= 15 is 0 Å². The van der Waals surface area contributed by atoms with Crippen LogP contribution in [-0.4, -0.2) is 38.9 Å². The van der Waals surface area contributed by atoms with Gasteiger partial charge in [-0.25, -0.2) is 4.98 Å². The Kier molecular flexibility index (Phi) is 4.26. The second-order valence-corrected chi connectivity index (χ2v) is 6.21. The molecule has 0 unspecified atom stereocenters. The van der Waals surface area contributed by atoms with E-state index in [1.807, 2.05) is 6.92 Å². The molecule has 2 heterocycles. The normalized spacial score (nSPS) is 16.9. The van der Waals surface area contributed by atoms with E-state index in [0.717, 1.165) is 18.5 Å². The van der Waals surface area contributed by atoms with Crippen molar-refractivity contribution in [3.05, 3.63) is 22.1 Å². The van der Waals surface area contributed by atoms with Crippen molar-refractivity contribution in [3.63, 3.8) is 0 Å². The first-order valence-corrected chi connectivity index (χ1v) is 7.06. The van der Waals surface area contributed by atoms with Crippen LogP contribution in [0.25, 0.3) is 0 Å². The van der Waals surface area contributed by atoms with Crippen LogP contribution in [0.3, 0.4) is 0 Å². The maximum atomic E-state index is 11.6. The molecule has 0 bridgehead atoms. The van der Waals surface area contributed by atoms with Crippen LogP contribution in [0.1, 0.15) is 25.5 Å². The summed E-state index contributed by atoms with van der Waals surface area (Å²) in [5.74, 6) is -0.832. The van der Waals surface area contributed by atoms with Crippen molar-refractivity contribution in [2.45, 2.75) is 36.1 Å². The third-order valence-electron chi connectivity index (χ3n) is 2.96. The highest BCUT2D eigenvalue weighted by molar-refractivity contribution is 8.00. The Morgan fingerprint density at radius 1 is 1.58 bits per heavy atom. The quantitative estimate of drug-likeness (QED) is 0.663. The van der Waals surface area contributed by atoms with Crippen LogP contribution < -0.4 is 10.9 Å². The van der Waals surface area contributed by atoms with Crippen LogP contribution in [0, 0.1) is 0 Å². The molecule has 0 atom stereocenters. The van der Waals surface area contributed by atoms with Gasteiger partial charge in [0.2, 0.25) is 0 Å². The smallest absolute Gasteiger partial charge is 0.304 e. The molecule has 1 fully saturated rings. The third kappa shape index (κ3) is 3.57. The van der Waals surface area contributed by atoms with Crippen LogP contribution in [0.5, 0.6) is 0 Å². The number of hydrogen-bond acceptors (Lipinski definition) is 5. The van der Waals surface area contributed by atoms with Gasteiger partial charge in [-0.05, 0) is 6.42 Å². The molecule has 19 heavy (non-hydrogen) atoms.